The Morgan fingerprint density at radius 2 is 1.85 bits per heavy atom. The van der Waals surface area contributed by atoms with E-state index in [1.807, 2.05) is 6.07 Å². The summed E-state index contributed by atoms with van der Waals surface area (Å²) in [5.74, 6) is -0.0642. The summed E-state index contributed by atoms with van der Waals surface area (Å²) in [5.41, 5.74) is 2.87. The Labute approximate surface area is 116 Å². The quantitative estimate of drug-likeness (QED) is 0.911. The summed E-state index contributed by atoms with van der Waals surface area (Å²) in [6.45, 7) is 0. The number of methoxy groups -OCH3 is 1. The van der Waals surface area contributed by atoms with Crippen molar-refractivity contribution in [2.75, 3.05) is 12.4 Å². The Kier molecular flexibility index (Phi) is 3.30. The third-order valence-electron chi connectivity index (χ3n) is 3.68. The predicted octanol–water partition coefficient (Wildman–Crippen LogP) is 4.07. The van der Waals surface area contributed by atoms with E-state index >= 15 is 0 Å². The highest BCUT2D eigenvalue weighted by molar-refractivity contribution is 5.58. The van der Waals surface area contributed by atoms with Crippen molar-refractivity contribution in [3.8, 4) is 5.75 Å². The molecule has 0 aromatic heterocycles. The summed E-state index contributed by atoms with van der Waals surface area (Å²) in [4.78, 5) is 0. The molecular weight excluding hydrogens is 260 g/mol. The number of aryl methyl sites for hydroxylation is 1. The number of ether oxygens (including phenoxy) is 1. The minimum atomic E-state index is -0.332. The van der Waals surface area contributed by atoms with Gasteiger partial charge in [-0.25, -0.2) is 8.78 Å². The Morgan fingerprint density at radius 1 is 1.10 bits per heavy atom. The Morgan fingerprint density at radius 3 is 2.65 bits per heavy atom. The standard InChI is InChI=1S/C16H15F2NO/c1-20-16-9-12(18)4-7-15(16)19-14-6-2-10-8-11(17)3-5-13(10)14/h3-5,7-9,14,19H,2,6H2,1H3. The number of nitrogens with one attached hydrogen (secondary N) is 1. The second-order valence-electron chi connectivity index (χ2n) is 4.92. The molecule has 0 fully saturated rings. The summed E-state index contributed by atoms with van der Waals surface area (Å²) in [7, 11) is 1.51. The maximum atomic E-state index is 13.2. The average Bonchev–Trinajstić information content (AvgIpc) is 2.83. The van der Waals surface area contributed by atoms with E-state index in [0.29, 0.717) is 5.75 Å². The van der Waals surface area contributed by atoms with Crippen molar-refractivity contribution < 1.29 is 13.5 Å². The van der Waals surface area contributed by atoms with Crippen LogP contribution in [0.2, 0.25) is 0 Å². The predicted molar refractivity (Wildman–Crippen MR) is 74.0 cm³/mol. The highest BCUT2D eigenvalue weighted by Crippen LogP contribution is 2.36. The molecule has 1 aliphatic rings. The molecule has 2 nitrogen and oxygen atoms in total. The highest BCUT2D eigenvalue weighted by atomic mass is 19.1. The van der Waals surface area contributed by atoms with E-state index in [9.17, 15) is 8.78 Å². The zero-order chi connectivity index (χ0) is 14.1. The Balaban J connectivity index is 1.87. The fraction of sp³-hybridized carbons (Fsp3) is 0.250. The van der Waals surface area contributed by atoms with Gasteiger partial charge in [0, 0.05) is 6.07 Å². The third-order valence-corrected chi connectivity index (χ3v) is 3.68. The summed E-state index contributed by atoms with van der Waals surface area (Å²) < 4.78 is 31.6. The van der Waals surface area contributed by atoms with E-state index in [4.69, 9.17) is 4.74 Å². The van der Waals surface area contributed by atoms with Crippen LogP contribution >= 0.6 is 0 Å². The molecule has 2 aromatic rings. The number of anilines is 1. The van der Waals surface area contributed by atoms with Gasteiger partial charge in [-0.1, -0.05) is 6.07 Å². The molecule has 0 amide bonds. The molecule has 20 heavy (non-hydrogen) atoms. The van der Waals surface area contributed by atoms with Crippen molar-refractivity contribution in [2.24, 2.45) is 0 Å². The van der Waals surface area contributed by atoms with E-state index in [2.05, 4.69) is 5.32 Å². The fourth-order valence-electron chi connectivity index (χ4n) is 2.71. The van der Waals surface area contributed by atoms with Gasteiger partial charge in [-0.3, -0.25) is 0 Å². The van der Waals surface area contributed by atoms with Gasteiger partial charge in [0.05, 0.1) is 18.8 Å². The van der Waals surface area contributed by atoms with Crippen LogP contribution in [0.4, 0.5) is 14.5 Å². The zero-order valence-corrected chi connectivity index (χ0v) is 11.1. The number of hydrogen-bond acceptors (Lipinski definition) is 2. The average molecular weight is 275 g/mol. The molecule has 1 N–H and O–H groups in total. The van der Waals surface area contributed by atoms with Crippen molar-refractivity contribution in [2.45, 2.75) is 18.9 Å². The molecule has 0 saturated heterocycles. The first-order valence-corrected chi connectivity index (χ1v) is 6.56. The number of fused-ring (bicyclic) bond motifs is 1. The van der Waals surface area contributed by atoms with Crippen LogP contribution < -0.4 is 10.1 Å². The van der Waals surface area contributed by atoms with Crippen molar-refractivity contribution in [1.82, 2.24) is 0 Å². The molecule has 3 rings (SSSR count). The molecule has 0 heterocycles. The molecule has 1 aliphatic carbocycles. The molecule has 0 radical (unpaired) electrons. The zero-order valence-electron chi connectivity index (χ0n) is 11.1. The van der Waals surface area contributed by atoms with Gasteiger partial charge < -0.3 is 10.1 Å². The highest BCUT2D eigenvalue weighted by Gasteiger charge is 2.23. The van der Waals surface area contributed by atoms with Crippen LogP contribution in [0.15, 0.2) is 36.4 Å². The largest absolute Gasteiger partial charge is 0.494 e. The molecule has 0 aliphatic heterocycles. The topological polar surface area (TPSA) is 21.3 Å². The van der Waals surface area contributed by atoms with Crippen LogP contribution in [0, 0.1) is 11.6 Å². The van der Waals surface area contributed by atoms with Gasteiger partial charge in [0.25, 0.3) is 0 Å². The number of hydrogen-bond donors (Lipinski definition) is 1. The van der Waals surface area contributed by atoms with Gasteiger partial charge in [-0.2, -0.15) is 0 Å². The normalized spacial score (nSPS) is 16.9. The van der Waals surface area contributed by atoms with Crippen molar-refractivity contribution >= 4 is 5.69 Å². The maximum absolute atomic E-state index is 13.2. The van der Waals surface area contributed by atoms with Crippen LogP contribution in [0.25, 0.3) is 0 Å². The summed E-state index contributed by atoms with van der Waals surface area (Å²) in [6, 6.07) is 9.37. The molecule has 2 aromatic carbocycles. The minimum Gasteiger partial charge on any atom is -0.494 e. The van der Waals surface area contributed by atoms with E-state index in [0.717, 1.165) is 29.7 Å². The molecule has 1 unspecified atom stereocenters. The first kappa shape index (κ1) is 12.9. The first-order valence-electron chi connectivity index (χ1n) is 6.56. The van der Waals surface area contributed by atoms with Crippen LogP contribution in [0.3, 0.4) is 0 Å². The number of benzene rings is 2. The summed E-state index contributed by atoms with van der Waals surface area (Å²) in [5, 5.41) is 3.35. The Hall–Kier alpha value is -2.10. The smallest absolute Gasteiger partial charge is 0.144 e. The number of halogens is 2. The van der Waals surface area contributed by atoms with Gasteiger partial charge >= 0.3 is 0 Å². The molecule has 0 saturated carbocycles. The lowest BCUT2D eigenvalue weighted by atomic mass is 10.1. The van der Waals surface area contributed by atoms with E-state index in [-0.39, 0.29) is 17.7 Å². The maximum Gasteiger partial charge on any atom is 0.144 e. The number of rotatable bonds is 3. The lowest BCUT2D eigenvalue weighted by molar-refractivity contribution is 0.412. The van der Waals surface area contributed by atoms with Crippen molar-refractivity contribution in [3.63, 3.8) is 0 Å². The summed E-state index contributed by atoms with van der Waals surface area (Å²) >= 11 is 0. The SMILES string of the molecule is COc1cc(F)ccc1NC1CCc2cc(F)ccc21. The molecule has 0 spiro atoms. The second-order valence-corrected chi connectivity index (χ2v) is 4.92. The van der Waals surface area contributed by atoms with Crippen LogP contribution in [0.1, 0.15) is 23.6 Å². The third kappa shape index (κ3) is 2.33. The van der Waals surface area contributed by atoms with Crippen LogP contribution in [-0.2, 0) is 6.42 Å². The first-order chi connectivity index (χ1) is 9.67. The lowest BCUT2D eigenvalue weighted by Crippen LogP contribution is -2.08. The molecule has 0 bridgehead atoms. The van der Waals surface area contributed by atoms with Gasteiger partial charge in [0.1, 0.15) is 17.4 Å². The van der Waals surface area contributed by atoms with Gasteiger partial charge in [0.15, 0.2) is 0 Å². The van der Waals surface area contributed by atoms with E-state index in [1.54, 1.807) is 12.1 Å². The van der Waals surface area contributed by atoms with Gasteiger partial charge in [0.2, 0.25) is 0 Å². The molecule has 4 heteroatoms. The molecule has 1 atom stereocenters. The Bertz CT molecular complexity index is 642. The lowest BCUT2D eigenvalue weighted by Gasteiger charge is -2.18. The van der Waals surface area contributed by atoms with E-state index < -0.39 is 0 Å². The van der Waals surface area contributed by atoms with E-state index in [1.165, 1.54) is 25.3 Å². The van der Waals surface area contributed by atoms with Crippen LogP contribution in [0.5, 0.6) is 5.75 Å². The van der Waals surface area contributed by atoms with Gasteiger partial charge in [-0.15, -0.1) is 0 Å². The molecule has 104 valence electrons. The van der Waals surface area contributed by atoms with Gasteiger partial charge in [-0.05, 0) is 48.2 Å². The minimum absolute atomic E-state index is 0.102. The van der Waals surface area contributed by atoms with Crippen LogP contribution in [-0.4, -0.2) is 7.11 Å². The second kappa shape index (κ2) is 5.12. The monoisotopic (exact) mass is 275 g/mol. The fourth-order valence-corrected chi connectivity index (χ4v) is 2.71. The molecular formula is C16H15F2NO. The van der Waals surface area contributed by atoms with Crippen molar-refractivity contribution in [3.05, 3.63) is 59.2 Å². The summed E-state index contributed by atoms with van der Waals surface area (Å²) in [6.07, 6.45) is 1.73. The van der Waals surface area contributed by atoms with Crippen molar-refractivity contribution in [1.29, 1.82) is 0 Å².